The second-order valence-electron chi connectivity index (χ2n) is 7.97. The lowest BCUT2D eigenvalue weighted by Crippen LogP contribution is -2.31. The van der Waals surface area contributed by atoms with Crippen LogP contribution >= 0.6 is 0 Å². The minimum atomic E-state index is 0.232. The van der Waals surface area contributed by atoms with Crippen LogP contribution in [0, 0.1) is 0 Å². The van der Waals surface area contributed by atoms with Crippen molar-refractivity contribution in [2.24, 2.45) is 0 Å². The Morgan fingerprint density at radius 3 is 2.62 bits per heavy atom. The summed E-state index contributed by atoms with van der Waals surface area (Å²) < 4.78 is 11.3. The summed E-state index contributed by atoms with van der Waals surface area (Å²) in [6.45, 7) is 4.33. The number of carbonyl (C=O) groups is 1. The van der Waals surface area contributed by atoms with Crippen LogP contribution in [-0.2, 0) is 22.6 Å². The molecule has 0 N–H and O–H groups in total. The fourth-order valence-electron chi connectivity index (χ4n) is 4.25. The van der Waals surface area contributed by atoms with Crippen LogP contribution in [0.1, 0.15) is 36.8 Å². The summed E-state index contributed by atoms with van der Waals surface area (Å²) in [5.74, 6) is 1.12. The van der Waals surface area contributed by atoms with Crippen LogP contribution in [0.2, 0.25) is 0 Å². The molecule has 154 valence electrons. The number of benzene rings is 2. The maximum atomic E-state index is 12.0. The van der Waals surface area contributed by atoms with Crippen molar-refractivity contribution < 1.29 is 14.3 Å². The average molecular weight is 395 g/mol. The van der Waals surface area contributed by atoms with Gasteiger partial charge in [-0.25, -0.2) is 0 Å². The van der Waals surface area contributed by atoms with E-state index in [2.05, 4.69) is 41.3 Å². The smallest absolute Gasteiger partial charge is 0.227 e. The molecule has 2 aliphatic rings. The average Bonchev–Trinajstić information content (AvgIpc) is 3.40. The maximum Gasteiger partial charge on any atom is 0.227 e. The van der Waals surface area contributed by atoms with Crippen molar-refractivity contribution in [2.75, 3.05) is 31.7 Å². The Morgan fingerprint density at radius 2 is 1.93 bits per heavy atom. The first-order chi connectivity index (χ1) is 14.2. The van der Waals surface area contributed by atoms with Crippen molar-refractivity contribution in [1.29, 1.82) is 0 Å². The third-order valence-electron chi connectivity index (χ3n) is 5.75. The van der Waals surface area contributed by atoms with Crippen molar-refractivity contribution in [3.8, 4) is 5.75 Å². The van der Waals surface area contributed by atoms with Crippen LogP contribution in [0.15, 0.2) is 48.5 Å². The van der Waals surface area contributed by atoms with Crippen molar-refractivity contribution in [3.63, 3.8) is 0 Å². The monoisotopic (exact) mass is 394 g/mol. The van der Waals surface area contributed by atoms with E-state index in [1.807, 2.05) is 17.0 Å². The summed E-state index contributed by atoms with van der Waals surface area (Å²) in [4.78, 5) is 16.3. The Bertz CT molecular complexity index is 815. The van der Waals surface area contributed by atoms with E-state index in [9.17, 15) is 4.79 Å². The third kappa shape index (κ3) is 5.17. The Labute approximate surface area is 173 Å². The van der Waals surface area contributed by atoms with E-state index in [0.717, 1.165) is 63.5 Å². The summed E-state index contributed by atoms with van der Waals surface area (Å²) in [5, 5.41) is 0. The third-order valence-corrected chi connectivity index (χ3v) is 5.75. The van der Waals surface area contributed by atoms with Gasteiger partial charge in [0.25, 0.3) is 0 Å². The fourth-order valence-corrected chi connectivity index (χ4v) is 4.25. The first-order valence-electron chi connectivity index (χ1n) is 10.6. The van der Waals surface area contributed by atoms with E-state index >= 15 is 0 Å². The normalized spacial score (nSPS) is 19.3. The molecule has 5 nitrogen and oxygen atoms in total. The first kappa shape index (κ1) is 19.9. The van der Waals surface area contributed by atoms with Gasteiger partial charge in [0, 0.05) is 44.9 Å². The van der Waals surface area contributed by atoms with Gasteiger partial charge in [0.05, 0.1) is 13.2 Å². The highest BCUT2D eigenvalue weighted by Crippen LogP contribution is 2.23. The van der Waals surface area contributed by atoms with Gasteiger partial charge in [-0.1, -0.05) is 24.3 Å². The zero-order chi connectivity index (χ0) is 20.1. The molecule has 0 aliphatic carbocycles. The van der Waals surface area contributed by atoms with E-state index in [0.29, 0.717) is 12.5 Å². The molecule has 0 unspecified atom stereocenters. The van der Waals surface area contributed by atoms with Crippen LogP contribution < -0.4 is 9.64 Å². The van der Waals surface area contributed by atoms with Crippen molar-refractivity contribution in [2.45, 2.75) is 44.9 Å². The molecule has 0 aromatic heterocycles. The molecule has 5 heteroatoms. The van der Waals surface area contributed by atoms with Gasteiger partial charge >= 0.3 is 0 Å². The van der Waals surface area contributed by atoms with Gasteiger partial charge in [-0.15, -0.1) is 0 Å². The van der Waals surface area contributed by atoms with E-state index in [-0.39, 0.29) is 5.91 Å². The molecule has 29 heavy (non-hydrogen) atoms. The Hall–Kier alpha value is -2.37. The Balaban J connectivity index is 1.45. The SMILES string of the molecule is COc1cccc(CN(Cc2ccc(N3CCCC3=O)cc2)C[C@@H]2CCCO2)c1. The quantitative estimate of drug-likeness (QED) is 0.679. The number of methoxy groups -OCH3 is 1. The largest absolute Gasteiger partial charge is 0.497 e. The first-order valence-corrected chi connectivity index (χ1v) is 10.6. The van der Waals surface area contributed by atoms with Gasteiger partial charge in [-0.05, 0) is 54.7 Å². The number of carbonyl (C=O) groups excluding carboxylic acids is 1. The minimum absolute atomic E-state index is 0.232. The topological polar surface area (TPSA) is 42.0 Å². The number of hydrogen-bond donors (Lipinski definition) is 0. The van der Waals surface area contributed by atoms with Gasteiger partial charge in [0.15, 0.2) is 0 Å². The highest BCUT2D eigenvalue weighted by Gasteiger charge is 2.22. The van der Waals surface area contributed by atoms with Crippen molar-refractivity contribution >= 4 is 11.6 Å². The van der Waals surface area contributed by atoms with Gasteiger partial charge < -0.3 is 14.4 Å². The highest BCUT2D eigenvalue weighted by atomic mass is 16.5. The lowest BCUT2D eigenvalue weighted by Gasteiger charge is -2.26. The molecular formula is C24H30N2O3. The van der Waals surface area contributed by atoms with Crippen LogP contribution in [0.4, 0.5) is 5.69 Å². The lowest BCUT2D eigenvalue weighted by atomic mass is 10.1. The molecule has 2 aromatic rings. The number of anilines is 1. The Kier molecular flexibility index (Phi) is 6.47. The van der Waals surface area contributed by atoms with Gasteiger partial charge in [-0.3, -0.25) is 9.69 Å². The van der Waals surface area contributed by atoms with Crippen LogP contribution in [0.5, 0.6) is 5.75 Å². The molecule has 0 bridgehead atoms. The van der Waals surface area contributed by atoms with E-state index in [4.69, 9.17) is 9.47 Å². The molecule has 0 saturated carbocycles. The van der Waals surface area contributed by atoms with Crippen LogP contribution in [0.3, 0.4) is 0 Å². The molecule has 2 aromatic carbocycles. The lowest BCUT2D eigenvalue weighted by molar-refractivity contribution is -0.117. The molecule has 1 amide bonds. The van der Waals surface area contributed by atoms with Crippen molar-refractivity contribution in [3.05, 3.63) is 59.7 Å². The molecule has 2 fully saturated rings. The van der Waals surface area contributed by atoms with E-state index in [1.165, 1.54) is 11.1 Å². The van der Waals surface area contributed by atoms with Crippen LogP contribution in [0.25, 0.3) is 0 Å². The van der Waals surface area contributed by atoms with E-state index in [1.54, 1.807) is 7.11 Å². The summed E-state index contributed by atoms with van der Waals surface area (Å²) in [7, 11) is 1.70. The standard InChI is InChI=1S/C24H30N2O3/c1-28-22-6-2-5-20(15-22)17-25(18-23-7-4-14-29-23)16-19-9-11-21(12-10-19)26-13-3-8-24(26)27/h2,5-6,9-12,15,23H,3-4,7-8,13-14,16-18H2,1H3/t23-/m0/s1. The summed E-state index contributed by atoms with van der Waals surface area (Å²) in [6.07, 6.45) is 4.20. The number of rotatable bonds is 8. The molecule has 0 spiro atoms. The van der Waals surface area contributed by atoms with Crippen molar-refractivity contribution in [1.82, 2.24) is 4.90 Å². The zero-order valence-electron chi connectivity index (χ0n) is 17.2. The number of ether oxygens (including phenoxy) is 2. The maximum absolute atomic E-state index is 12.0. The van der Waals surface area contributed by atoms with Gasteiger partial charge in [0.2, 0.25) is 5.91 Å². The summed E-state index contributed by atoms with van der Waals surface area (Å²) in [5.41, 5.74) is 3.50. The van der Waals surface area contributed by atoms with Gasteiger partial charge in [-0.2, -0.15) is 0 Å². The molecule has 4 rings (SSSR count). The van der Waals surface area contributed by atoms with Crippen LogP contribution in [-0.4, -0.2) is 43.7 Å². The number of hydrogen-bond acceptors (Lipinski definition) is 4. The number of amides is 1. The predicted molar refractivity (Wildman–Crippen MR) is 114 cm³/mol. The minimum Gasteiger partial charge on any atom is -0.497 e. The summed E-state index contributed by atoms with van der Waals surface area (Å²) in [6, 6.07) is 16.7. The Morgan fingerprint density at radius 1 is 1.10 bits per heavy atom. The summed E-state index contributed by atoms with van der Waals surface area (Å²) >= 11 is 0. The van der Waals surface area contributed by atoms with Gasteiger partial charge in [0.1, 0.15) is 5.75 Å². The highest BCUT2D eigenvalue weighted by molar-refractivity contribution is 5.95. The molecule has 0 radical (unpaired) electrons. The molecule has 2 aliphatic heterocycles. The molecule has 2 heterocycles. The number of nitrogens with zero attached hydrogens (tertiary/aromatic N) is 2. The molecule has 1 atom stereocenters. The molecule has 2 saturated heterocycles. The zero-order valence-corrected chi connectivity index (χ0v) is 17.2. The molecular weight excluding hydrogens is 364 g/mol. The second-order valence-corrected chi connectivity index (χ2v) is 7.97. The predicted octanol–water partition coefficient (Wildman–Crippen LogP) is 4.00. The second kappa shape index (κ2) is 9.42. The fraction of sp³-hybridized carbons (Fsp3) is 0.458. The van der Waals surface area contributed by atoms with E-state index < -0.39 is 0 Å².